The minimum Gasteiger partial charge on any atom is -0.364 e. The van der Waals surface area contributed by atoms with Crippen molar-refractivity contribution in [3.05, 3.63) is 18.2 Å². The van der Waals surface area contributed by atoms with Crippen molar-refractivity contribution in [2.75, 3.05) is 6.26 Å². The third-order valence-electron chi connectivity index (χ3n) is 1.62. The molecule has 4 nitrogen and oxygen atoms in total. The van der Waals surface area contributed by atoms with E-state index in [1.54, 1.807) is 18.1 Å². The molecule has 2 N–H and O–H groups in total. The standard InChI is InChI=1S/C7H7N3OS2/c1-12-4-2-10-3-9-5(6(8)11)7(10)13-4/h2-3H,1H3,(H2,8,11). The molecule has 2 aromatic rings. The summed E-state index contributed by atoms with van der Waals surface area (Å²) in [5.41, 5.74) is 5.51. The summed E-state index contributed by atoms with van der Waals surface area (Å²) in [5, 5.41) is 0. The quantitative estimate of drug-likeness (QED) is 0.763. The van der Waals surface area contributed by atoms with E-state index in [-0.39, 0.29) is 0 Å². The maximum Gasteiger partial charge on any atom is 0.270 e. The predicted octanol–water partition coefficient (Wildman–Crippen LogP) is 1.22. The van der Waals surface area contributed by atoms with Crippen molar-refractivity contribution in [3.63, 3.8) is 0 Å². The molecule has 0 saturated heterocycles. The summed E-state index contributed by atoms with van der Waals surface area (Å²) in [7, 11) is 0. The fraction of sp³-hybridized carbons (Fsp3) is 0.143. The van der Waals surface area contributed by atoms with Crippen molar-refractivity contribution in [1.29, 1.82) is 0 Å². The molecular weight excluding hydrogens is 206 g/mol. The minimum atomic E-state index is -0.475. The first-order chi connectivity index (χ1) is 6.22. The highest BCUT2D eigenvalue weighted by Gasteiger charge is 2.12. The molecule has 0 aliphatic rings. The monoisotopic (exact) mass is 213 g/mol. The average molecular weight is 213 g/mol. The highest BCUT2D eigenvalue weighted by atomic mass is 32.2. The molecule has 2 rings (SSSR count). The van der Waals surface area contributed by atoms with E-state index in [0.29, 0.717) is 5.69 Å². The molecule has 0 saturated carbocycles. The number of hydrogen-bond donors (Lipinski definition) is 1. The summed E-state index contributed by atoms with van der Waals surface area (Å²) < 4.78 is 2.95. The van der Waals surface area contributed by atoms with Crippen LogP contribution in [0.4, 0.5) is 0 Å². The normalized spacial score (nSPS) is 10.8. The molecule has 1 amide bonds. The number of nitrogens with two attached hydrogens (primary N) is 1. The van der Waals surface area contributed by atoms with Crippen LogP contribution in [0.2, 0.25) is 0 Å². The Labute approximate surface area is 82.8 Å². The molecule has 0 atom stereocenters. The van der Waals surface area contributed by atoms with Gasteiger partial charge in [-0.1, -0.05) is 0 Å². The molecule has 2 heterocycles. The molecule has 0 bridgehead atoms. The molecule has 0 aliphatic carbocycles. The van der Waals surface area contributed by atoms with Gasteiger partial charge in [0.2, 0.25) is 0 Å². The SMILES string of the molecule is CSc1cn2cnc(C(N)=O)c2s1. The number of carbonyl (C=O) groups excluding carboxylic acids is 1. The maximum atomic E-state index is 10.9. The first-order valence-corrected chi connectivity index (χ1v) is 5.57. The van der Waals surface area contributed by atoms with Gasteiger partial charge in [0.05, 0.1) is 4.21 Å². The largest absolute Gasteiger partial charge is 0.364 e. The van der Waals surface area contributed by atoms with Gasteiger partial charge < -0.3 is 5.73 Å². The van der Waals surface area contributed by atoms with Crippen LogP contribution in [0.3, 0.4) is 0 Å². The third-order valence-corrected chi connectivity index (χ3v) is 3.79. The van der Waals surface area contributed by atoms with Gasteiger partial charge in [-0.3, -0.25) is 9.20 Å². The van der Waals surface area contributed by atoms with Crippen molar-refractivity contribution in [1.82, 2.24) is 9.38 Å². The second kappa shape index (κ2) is 3.04. The Morgan fingerprint density at radius 2 is 2.54 bits per heavy atom. The molecule has 6 heteroatoms. The Bertz CT molecular complexity index is 459. The molecule has 0 spiro atoms. The van der Waals surface area contributed by atoms with E-state index in [4.69, 9.17) is 5.73 Å². The highest BCUT2D eigenvalue weighted by molar-refractivity contribution is 8.00. The van der Waals surface area contributed by atoms with Crippen LogP contribution < -0.4 is 5.73 Å². The van der Waals surface area contributed by atoms with E-state index in [0.717, 1.165) is 9.04 Å². The van der Waals surface area contributed by atoms with Crippen LogP contribution in [-0.4, -0.2) is 21.5 Å². The van der Waals surface area contributed by atoms with Gasteiger partial charge >= 0.3 is 0 Å². The lowest BCUT2D eigenvalue weighted by Gasteiger charge is -1.84. The highest BCUT2D eigenvalue weighted by Crippen LogP contribution is 2.27. The van der Waals surface area contributed by atoms with Gasteiger partial charge in [-0.2, -0.15) is 0 Å². The topological polar surface area (TPSA) is 60.4 Å². The van der Waals surface area contributed by atoms with Gasteiger partial charge in [0.1, 0.15) is 11.2 Å². The lowest BCUT2D eigenvalue weighted by atomic mass is 10.5. The molecule has 0 aromatic carbocycles. The van der Waals surface area contributed by atoms with E-state index in [9.17, 15) is 4.79 Å². The summed E-state index contributed by atoms with van der Waals surface area (Å²) in [6.07, 6.45) is 5.53. The fourth-order valence-electron chi connectivity index (χ4n) is 1.04. The number of primary amides is 1. The van der Waals surface area contributed by atoms with Crippen LogP contribution in [0, 0.1) is 0 Å². The van der Waals surface area contributed by atoms with E-state index in [1.807, 2.05) is 16.9 Å². The Balaban J connectivity index is 2.65. The first-order valence-electron chi connectivity index (χ1n) is 3.52. The second-order valence-electron chi connectivity index (χ2n) is 2.42. The van der Waals surface area contributed by atoms with Gasteiger partial charge in [0, 0.05) is 6.20 Å². The predicted molar refractivity (Wildman–Crippen MR) is 53.4 cm³/mol. The fourth-order valence-corrected chi connectivity index (χ4v) is 2.64. The number of aromatic nitrogens is 2. The van der Waals surface area contributed by atoms with Crippen molar-refractivity contribution in [2.45, 2.75) is 4.21 Å². The van der Waals surface area contributed by atoms with Gasteiger partial charge in [-0.05, 0) is 6.26 Å². The molecular formula is C7H7N3OS2. The summed E-state index contributed by atoms with van der Waals surface area (Å²) in [6.45, 7) is 0. The van der Waals surface area contributed by atoms with Crippen LogP contribution in [0.25, 0.3) is 4.83 Å². The molecule has 0 fully saturated rings. The van der Waals surface area contributed by atoms with E-state index < -0.39 is 5.91 Å². The third kappa shape index (κ3) is 1.31. The number of imidazole rings is 1. The second-order valence-corrected chi connectivity index (χ2v) is 4.56. The molecule has 0 radical (unpaired) electrons. The summed E-state index contributed by atoms with van der Waals surface area (Å²) >= 11 is 3.16. The lowest BCUT2D eigenvalue weighted by Crippen LogP contribution is -2.11. The maximum absolute atomic E-state index is 10.9. The molecule has 2 aromatic heterocycles. The van der Waals surface area contributed by atoms with Crippen LogP contribution >= 0.6 is 23.1 Å². The van der Waals surface area contributed by atoms with Gasteiger partial charge in [0.15, 0.2) is 5.69 Å². The van der Waals surface area contributed by atoms with Crippen LogP contribution in [0.1, 0.15) is 10.5 Å². The zero-order valence-corrected chi connectivity index (χ0v) is 8.48. The Morgan fingerprint density at radius 1 is 1.77 bits per heavy atom. The smallest absolute Gasteiger partial charge is 0.270 e. The number of nitrogens with zero attached hydrogens (tertiary/aromatic N) is 2. The minimum absolute atomic E-state index is 0.352. The Kier molecular flexibility index (Phi) is 2.01. The van der Waals surface area contributed by atoms with E-state index >= 15 is 0 Å². The zero-order chi connectivity index (χ0) is 9.42. The molecule has 68 valence electrons. The number of thioether (sulfide) groups is 1. The van der Waals surface area contributed by atoms with Gasteiger partial charge in [0.25, 0.3) is 5.91 Å². The number of hydrogen-bond acceptors (Lipinski definition) is 4. The van der Waals surface area contributed by atoms with Gasteiger partial charge in [-0.15, -0.1) is 23.1 Å². The summed E-state index contributed by atoms with van der Waals surface area (Å²) in [6, 6.07) is 0. The number of carbonyl (C=O) groups is 1. The molecule has 0 aliphatic heterocycles. The number of thiazole rings is 1. The van der Waals surface area contributed by atoms with Crippen molar-refractivity contribution >= 4 is 33.8 Å². The van der Waals surface area contributed by atoms with Crippen molar-refractivity contribution < 1.29 is 4.79 Å². The zero-order valence-electron chi connectivity index (χ0n) is 6.85. The van der Waals surface area contributed by atoms with Crippen molar-refractivity contribution in [2.24, 2.45) is 5.73 Å². The molecule has 0 unspecified atom stereocenters. The van der Waals surface area contributed by atoms with Gasteiger partial charge in [-0.25, -0.2) is 4.98 Å². The van der Waals surface area contributed by atoms with E-state index in [2.05, 4.69) is 4.98 Å². The Morgan fingerprint density at radius 3 is 3.15 bits per heavy atom. The summed E-state index contributed by atoms with van der Waals surface area (Å²) in [4.78, 5) is 15.7. The van der Waals surface area contributed by atoms with Crippen LogP contribution in [-0.2, 0) is 0 Å². The Hall–Kier alpha value is -1.01. The number of rotatable bonds is 2. The number of fused-ring (bicyclic) bond motifs is 1. The first kappa shape index (κ1) is 8.58. The summed E-state index contributed by atoms with van der Waals surface area (Å²) in [5.74, 6) is -0.475. The number of amides is 1. The average Bonchev–Trinajstić information content (AvgIpc) is 2.59. The van der Waals surface area contributed by atoms with Crippen LogP contribution in [0.5, 0.6) is 0 Å². The molecule has 13 heavy (non-hydrogen) atoms. The lowest BCUT2D eigenvalue weighted by molar-refractivity contribution is 0.0998. The van der Waals surface area contributed by atoms with Crippen LogP contribution in [0.15, 0.2) is 16.7 Å². The van der Waals surface area contributed by atoms with E-state index in [1.165, 1.54) is 11.3 Å². The van der Waals surface area contributed by atoms with Crippen molar-refractivity contribution in [3.8, 4) is 0 Å².